The highest BCUT2D eigenvalue weighted by Crippen LogP contribution is 2.11. The molecule has 0 atom stereocenters. The summed E-state index contributed by atoms with van der Waals surface area (Å²) in [5.74, 6) is 2.91. The fraction of sp³-hybridized carbons (Fsp3) is 0.880. The number of hydrogen-bond acceptors (Lipinski definition) is 5. The first kappa shape index (κ1) is 27.0. The Labute approximate surface area is 185 Å². The lowest BCUT2D eigenvalue weighted by Gasteiger charge is -2.08. The number of unbranched alkanes of at least 4 members (excludes halogenated alkanes) is 8. The Bertz CT molecular complexity index is 473. The van der Waals surface area contributed by atoms with Gasteiger partial charge in [0.2, 0.25) is 0 Å². The second-order valence-corrected chi connectivity index (χ2v) is 8.24. The minimum Gasteiger partial charge on any atom is -0.379 e. The molecule has 0 aliphatic rings. The average molecular weight is 422 g/mol. The lowest BCUT2D eigenvalue weighted by Crippen LogP contribution is -2.10. The molecule has 1 heterocycles. The van der Waals surface area contributed by atoms with Gasteiger partial charge in [-0.3, -0.25) is 0 Å². The molecular formula is C25H47N3O2. The van der Waals surface area contributed by atoms with Crippen LogP contribution in [-0.4, -0.2) is 41.4 Å². The van der Waals surface area contributed by atoms with Crippen molar-refractivity contribution in [3.8, 4) is 0 Å². The Balaban J connectivity index is 2.34. The molecule has 0 saturated carbocycles. The van der Waals surface area contributed by atoms with Gasteiger partial charge >= 0.3 is 0 Å². The highest BCUT2D eigenvalue weighted by Gasteiger charge is 2.07. The molecule has 1 rings (SSSR count). The van der Waals surface area contributed by atoms with E-state index in [0.717, 1.165) is 69.2 Å². The minimum atomic E-state index is 0.669. The fourth-order valence-corrected chi connectivity index (χ4v) is 3.41. The normalized spacial score (nSPS) is 11.3. The number of rotatable bonds is 21. The van der Waals surface area contributed by atoms with Gasteiger partial charge in [0.1, 0.15) is 17.5 Å². The van der Waals surface area contributed by atoms with Crippen LogP contribution in [0.15, 0.2) is 0 Å². The zero-order chi connectivity index (χ0) is 21.7. The van der Waals surface area contributed by atoms with Gasteiger partial charge < -0.3 is 9.47 Å². The summed E-state index contributed by atoms with van der Waals surface area (Å²) in [6, 6.07) is 0. The predicted molar refractivity (Wildman–Crippen MR) is 125 cm³/mol. The molecular weight excluding hydrogens is 374 g/mol. The van der Waals surface area contributed by atoms with Crippen molar-refractivity contribution < 1.29 is 9.47 Å². The maximum absolute atomic E-state index is 5.66. The monoisotopic (exact) mass is 421 g/mol. The van der Waals surface area contributed by atoms with Gasteiger partial charge in [0, 0.05) is 32.5 Å². The smallest absolute Gasteiger partial charge is 0.132 e. The summed E-state index contributed by atoms with van der Waals surface area (Å²) in [7, 11) is 0. The Hall–Kier alpha value is -1.07. The Morgan fingerprint density at radius 2 is 0.900 bits per heavy atom. The SMILES string of the molecule is CCCCCCCCCCc1nc(CCCC)nc(CCCOCCOCCC)n1. The summed E-state index contributed by atoms with van der Waals surface area (Å²) in [4.78, 5) is 14.2. The zero-order valence-corrected chi connectivity index (χ0v) is 20.1. The molecule has 0 aliphatic carbocycles. The van der Waals surface area contributed by atoms with Gasteiger partial charge in [-0.05, 0) is 25.7 Å². The van der Waals surface area contributed by atoms with Crippen molar-refractivity contribution in [3.05, 3.63) is 17.5 Å². The summed E-state index contributed by atoms with van der Waals surface area (Å²) in [5, 5.41) is 0. The quantitative estimate of drug-likeness (QED) is 0.219. The lowest BCUT2D eigenvalue weighted by atomic mass is 10.1. The lowest BCUT2D eigenvalue weighted by molar-refractivity contribution is 0.0471. The van der Waals surface area contributed by atoms with Crippen LogP contribution >= 0.6 is 0 Å². The van der Waals surface area contributed by atoms with Crippen molar-refractivity contribution in [1.82, 2.24) is 15.0 Å². The van der Waals surface area contributed by atoms with E-state index in [4.69, 9.17) is 24.4 Å². The van der Waals surface area contributed by atoms with Crippen LogP contribution in [0.5, 0.6) is 0 Å². The van der Waals surface area contributed by atoms with Crippen molar-refractivity contribution in [2.75, 3.05) is 26.4 Å². The topological polar surface area (TPSA) is 57.1 Å². The van der Waals surface area contributed by atoms with Gasteiger partial charge in [-0.15, -0.1) is 0 Å². The summed E-state index contributed by atoms with van der Waals surface area (Å²) >= 11 is 0. The standard InChI is InChI=1S/C25H47N3O2/c1-4-7-9-10-11-12-13-14-17-24-26-23(16-8-5-2)27-25(28-24)18-15-20-30-22-21-29-19-6-3/h4-22H2,1-3H3. The molecule has 0 fully saturated rings. The van der Waals surface area contributed by atoms with E-state index in [9.17, 15) is 0 Å². The number of ether oxygens (including phenoxy) is 2. The zero-order valence-electron chi connectivity index (χ0n) is 20.1. The van der Waals surface area contributed by atoms with E-state index >= 15 is 0 Å². The van der Waals surface area contributed by atoms with Gasteiger partial charge in [0.05, 0.1) is 13.2 Å². The Morgan fingerprint density at radius 3 is 1.47 bits per heavy atom. The summed E-state index contributed by atoms with van der Waals surface area (Å²) < 4.78 is 11.1. The van der Waals surface area contributed by atoms with Crippen LogP contribution in [-0.2, 0) is 28.7 Å². The van der Waals surface area contributed by atoms with Crippen molar-refractivity contribution in [1.29, 1.82) is 0 Å². The molecule has 0 N–H and O–H groups in total. The number of hydrogen-bond donors (Lipinski definition) is 0. The van der Waals surface area contributed by atoms with Gasteiger partial charge in [-0.1, -0.05) is 72.1 Å². The van der Waals surface area contributed by atoms with Crippen LogP contribution in [0.25, 0.3) is 0 Å². The first-order chi connectivity index (χ1) is 14.8. The van der Waals surface area contributed by atoms with Crippen molar-refractivity contribution in [3.63, 3.8) is 0 Å². The van der Waals surface area contributed by atoms with Crippen LogP contribution in [0.2, 0.25) is 0 Å². The van der Waals surface area contributed by atoms with E-state index in [0.29, 0.717) is 13.2 Å². The van der Waals surface area contributed by atoms with Crippen molar-refractivity contribution >= 4 is 0 Å². The molecule has 30 heavy (non-hydrogen) atoms. The minimum absolute atomic E-state index is 0.669. The predicted octanol–water partition coefficient (Wildman–Crippen LogP) is 6.27. The van der Waals surface area contributed by atoms with Gasteiger partial charge in [-0.25, -0.2) is 15.0 Å². The third-order valence-corrected chi connectivity index (χ3v) is 5.19. The van der Waals surface area contributed by atoms with E-state index < -0.39 is 0 Å². The van der Waals surface area contributed by atoms with Crippen molar-refractivity contribution in [2.45, 2.75) is 117 Å². The fourth-order valence-electron chi connectivity index (χ4n) is 3.41. The molecule has 0 spiro atoms. The molecule has 0 aromatic carbocycles. The summed E-state index contributed by atoms with van der Waals surface area (Å²) in [6.45, 7) is 9.51. The molecule has 0 bridgehead atoms. The van der Waals surface area contributed by atoms with E-state index in [1.807, 2.05) is 0 Å². The summed E-state index contributed by atoms with van der Waals surface area (Å²) in [6.07, 6.45) is 17.8. The summed E-state index contributed by atoms with van der Waals surface area (Å²) in [5.41, 5.74) is 0. The molecule has 1 aromatic rings. The van der Waals surface area contributed by atoms with Crippen LogP contribution in [0, 0.1) is 0 Å². The van der Waals surface area contributed by atoms with E-state index in [1.54, 1.807) is 0 Å². The third kappa shape index (κ3) is 14.8. The van der Waals surface area contributed by atoms with E-state index in [2.05, 4.69) is 20.8 Å². The van der Waals surface area contributed by atoms with E-state index in [-0.39, 0.29) is 0 Å². The molecule has 1 aromatic heterocycles. The largest absolute Gasteiger partial charge is 0.379 e. The molecule has 0 aliphatic heterocycles. The average Bonchev–Trinajstić information content (AvgIpc) is 2.76. The van der Waals surface area contributed by atoms with Crippen LogP contribution in [0.1, 0.15) is 115 Å². The van der Waals surface area contributed by atoms with Gasteiger partial charge in [-0.2, -0.15) is 0 Å². The molecule has 0 amide bonds. The van der Waals surface area contributed by atoms with Gasteiger partial charge in [0.15, 0.2) is 0 Å². The number of aromatic nitrogens is 3. The Kier molecular flexibility index (Phi) is 17.9. The molecule has 0 unspecified atom stereocenters. The first-order valence-corrected chi connectivity index (χ1v) is 12.7. The third-order valence-electron chi connectivity index (χ3n) is 5.19. The first-order valence-electron chi connectivity index (χ1n) is 12.7. The maximum atomic E-state index is 5.66. The van der Waals surface area contributed by atoms with Gasteiger partial charge in [0.25, 0.3) is 0 Å². The molecule has 174 valence electrons. The molecule has 5 heteroatoms. The molecule has 0 saturated heterocycles. The highest BCUT2D eigenvalue weighted by molar-refractivity contribution is 4.98. The highest BCUT2D eigenvalue weighted by atomic mass is 16.5. The second-order valence-electron chi connectivity index (χ2n) is 8.24. The molecule has 0 radical (unpaired) electrons. The number of aryl methyl sites for hydroxylation is 3. The maximum Gasteiger partial charge on any atom is 0.132 e. The van der Waals surface area contributed by atoms with Crippen LogP contribution in [0.3, 0.4) is 0 Å². The second kappa shape index (κ2) is 19.9. The van der Waals surface area contributed by atoms with Crippen LogP contribution in [0.4, 0.5) is 0 Å². The van der Waals surface area contributed by atoms with Crippen molar-refractivity contribution in [2.24, 2.45) is 0 Å². The van der Waals surface area contributed by atoms with Crippen LogP contribution < -0.4 is 0 Å². The molecule has 5 nitrogen and oxygen atoms in total. The number of nitrogens with zero attached hydrogens (tertiary/aromatic N) is 3. The van der Waals surface area contributed by atoms with E-state index in [1.165, 1.54) is 57.8 Å². The Morgan fingerprint density at radius 1 is 0.433 bits per heavy atom.